The normalized spacial score (nSPS) is 20.7. The number of carbonyl (C=O) groups excluding carboxylic acids is 3. The first-order chi connectivity index (χ1) is 7.60. The third-order valence-electron chi connectivity index (χ3n) is 1.26. The van der Waals surface area contributed by atoms with E-state index in [0.29, 0.717) is 19.8 Å². The Hall–Kier alpha value is -2.08. The van der Waals surface area contributed by atoms with Gasteiger partial charge < -0.3 is 18.9 Å². The second-order valence-electron chi connectivity index (χ2n) is 2.54. The molecule has 8 nitrogen and oxygen atoms in total. The molecule has 0 aromatic heterocycles. The summed E-state index contributed by atoms with van der Waals surface area (Å²) < 4.78 is 17.5. The van der Waals surface area contributed by atoms with Gasteiger partial charge in [-0.1, -0.05) is 0 Å². The summed E-state index contributed by atoms with van der Waals surface area (Å²) in [5, 5.41) is 5.40. The number of cyclic esters (lactones) is 4. The summed E-state index contributed by atoms with van der Waals surface area (Å²) in [6.07, 6.45) is -0.394. The van der Waals surface area contributed by atoms with E-state index in [-0.39, 0.29) is 6.10 Å². The van der Waals surface area contributed by atoms with Crippen LogP contribution in [0.15, 0.2) is 0 Å². The predicted octanol–water partition coefficient (Wildman–Crippen LogP) is 0.596. The molecule has 0 aromatic carbocycles. The number of hydrogen-bond acceptors (Lipinski definition) is 8. The highest BCUT2D eigenvalue weighted by Crippen LogP contribution is 2.02. The minimum absolute atomic E-state index is 0.0486. The van der Waals surface area contributed by atoms with Gasteiger partial charge in [0.25, 0.3) is 0 Å². The highest BCUT2D eigenvalue weighted by Gasteiger charge is 2.19. The van der Waals surface area contributed by atoms with Crippen molar-refractivity contribution in [3.63, 3.8) is 0 Å². The van der Waals surface area contributed by atoms with Gasteiger partial charge >= 0.3 is 12.3 Å². The predicted molar refractivity (Wildman–Crippen MR) is 47.6 cm³/mol. The average Bonchev–Trinajstić information content (AvgIpc) is 2.80. The fraction of sp³-hybridized carbons (Fsp3) is 0.625. The third kappa shape index (κ3) is 7.34. The lowest BCUT2D eigenvalue weighted by molar-refractivity contribution is 0.121. The van der Waals surface area contributed by atoms with Gasteiger partial charge in [-0.2, -0.15) is 0 Å². The summed E-state index contributed by atoms with van der Waals surface area (Å²) >= 11 is 0. The van der Waals surface area contributed by atoms with Crippen molar-refractivity contribution in [2.75, 3.05) is 19.8 Å². The molecule has 0 amide bonds. The fourth-order valence-electron chi connectivity index (χ4n) is 0.709. The van der Waals surface area contributed by atoms with Crippen LogP contribution in [0, 0.1) is 5.41 Å². The van der Waals surface area contributed by atoms with Crippen molar-refractivity contribution in [3.8, 4) is 0 Å². The van der Waals surface area contributed by atoms with Crippen molar-refractivity contribution in [2.45, 2.75) is 13.0 Å². The van der Waals surface area contributed by atoms with Crippen LogP contribution < -0.4 is 0 Å². The highest BCUT2D eigenvalue weighted by molar-refractivity contribution is 5.61. The summed E-state index contributed by atoms with van der Waals surface area (Å²) in [6, 6.07) is 0. The number of ether oxygens (including phenoxy) is 4. The lowest BCUT2D eigenvalue weighted by atomic mass is 10.5. The molecule has 2 aliphatic heterocycles. The van der Waals surface area contributed by atoms with Crippen LogP contribution in [0.4, 0.5) is 9.59 Å². The molecular weight excluding hydrogens is 222 g/mol. The fourth-order valence-corrected chi connectivity index (χ4v) is 0.709. The van der Waals surface area contributed by atoms with E-state index in [4.69, 9.17) is 10.2 Å². The minimum atomic E-state index is -0.549. The maximum atomic E-state index is 10.0. The monoisotopic (exact) mass is 233 g/mol. The number of rotatable bonds is 0. The Morgan fingerprint density at radius 1 is 1.19 bits per heavy atom. The Morgan fingerprint density at radius 3 is 1.81 bits per heavy atom. The molecule has 0 aromatic rings. The molecule has 0 bridgehead atoms. The smallest absolute Gasteiger partial charge is 0.431 e. The van der Waals surface area contributed by atoms with Crippen LogP contribution in [0.2, 0.25) is 0 Å². The van der Waals surface area contributed by atoms with Gasteiger partial charge in [0.1, 0.15) is 25.9 Å². The molecule has 2 aliphatic rings. The molecule has 16 heavy (non-hydrogen) atoms. The first kappa shape index (κ1) is 13.9. The maximum absolute atomic E-state index is 10.0. The molecule has 1 unspecified atom stereocenters. The van der Waals surface area contributed by atoms with Crippen molar-refractivity contribution >= 4 is 18.4 Å². The number of hydrogen-bond donors (Lipinski definition) is 1. The van der Waals surface area contributed by atoms with Crippen LogP contribution in [-0.4, -0.2) is 44.3 Å². The highest BCUT2D eigenvalue weighted by atomic mass is 16.8. The van der Waals surface area contributed by atoms with E-state index < -0.39 is 12.3 Å². The van der Waals surface area contributed by atoms with Gasteiger partial charge in [-0.25, -0.2) is 19.8 Å². The van der Waals surface area contributed by atoms with E-state index in [1.54, 1.807) is 6.92 Å². The van der Waals surface area contributed by atoms with E-state index in [1.165, 1.54) is 0 Å². The molecule has 0 aliphatic carbocycles. The van der Waals surface area contributed by atoms with Crippen LogP contribution in [0.25, 0.3) is 0 Å². The zero-order valence-corrected chi connectivity index (χ0v) is 8.56. The van der Waals surface area contributed by atoms with Crippen LogP contribution in [-0.2, 0) is 23.7 Å². The van der Waals surface area contributed by atoms with E-state index in [0.717, 1.165) is 6.08 Å². The standard InChI is InChI=1S/C4H6O3.C3H4O3.CHNO/c1-3-2-6-4(5)7-3;4-3-5-1-2-6-3;2-1-3/h3H,2H2,1H3;1-2H2;2H. The topological polar surface area (TPSA) is 112 Å². The second-order valence-corrected chi connectivity index (χ2v) is 2.54. The second kappa shape index (κ2) is 8.25. The van der Waals surface area contributed by atoms with Crippen molar-refractivity contribution in [3.05, 3.63) is 0 Å². The molecule has 0 spiro atoms. The molecule has 0 radical (unpaired) electrons. The first-order valence-corrected chi connectivity index (χ1v) is 4.27. The van der Waals surface area contributed by atoms with E-state index in [1.807, 2.05) is 0 Å². The van der Waals surface area contributed by atoms with Crippen LogP contribution >= 0.6 is 0 Å². The molecular formula is C8H11NO7. The van der Waals surface area contributed by atoms with Crippen LogP contribution in [0.5, 0.6) is 0 Å². The molecule has 2 rings (SSSR count). The SMILES string of the molecule is CC1COC(=O)O1.N=C=O.O=C1OCCO1. The van der Waals surface area contributed by atoms with Crippen molar-refractivity contribution < 1.29 is 33.3 Å². The van der Waals surface area contributed by atoms with Gasteiger partial charge in [0, 0.05) is 0 Å². The Morgan fingerprint density at radius 2 is 1.69 bits per heavy atom. The maximum Gasteiger partial charge on any atom is 0.508 e. The summed E-state index contributed by atoms with van der Waals surface area (Å²) in [4.78, 5) is 28.2. The lowest BCUT2D eigenvalue weighted by Gasteiger charge is -1.90. The van der Waals surface area contributed by atoms with Crippen molar-refractivity contribution in [1.29, 1.82) is 5.41 Å². The molecule has 90 valence electrons. The zero-order valence-electron chi connectivity index (χ0n) is 8.56. The Kier molecular flexibility index (Phi) is 7.17. The Bertz CT molecular complexity index is 264. The summed E-state index contributed by atoms with van der Waals surface area (Å²) in [5.74, 6) is 0. The number of isocyanates is 1. The molecule has 2 heterocycles. The molecule has 2 fully saturated rings. The average molecular weight is 233 g/mol. The minimum Gasteiger partial charge on any atom is -0.431 e. The van der Waals surface area contributed by atoms with E-state index >= 15 is 0 Å². The molecule has 2 saturated heterocycles. The summed E-state index contributed by atoms with van der Waals surface area (Å²) in [5.41, 5.74) is 0. The van der Waals surface area contributed by atoms with Crippen LogP contribution in [0.1, 0.15) is 6.92 Å². The lowest BCUT2D eigenvalue weighted by Crippen LogP contribution is -2.01. The quantitative estimate of drug-likeness (QED) is 0.370. The van der Waals surface area contributed by atoms with Gasteiger partial charge in [-0.3, -0.25) is 0 Å². The van der Waals surface area contributed by atoms with Gasteiger partial charge in [0.05, 0.1) is 0 Å². The van der Waals surface area contributed by atoms with Crippen LogP contribution in [0.3, 0.4) is 0 Å². The molecule has 8 heteroatoms. The molecule has 0 saturated carbocycles. The van der Waals surface area contributed by atoms with Crippen molar-refractivity contribution in [1.82, 2.24) is 0 Å². The Balaban J connectivity index is 0.000000230. The van der Waals surface area contributed by atoms with Gasteiger partial charge in [-0.15, -0.1) is 0 Å². The summed E-state index contributed by atoms with van der Waals surface area (Å²) in [6.45, 7) is 3.02. The number of nitrogens with one attached hydrogen (secondary N) is 1. The third-order valence-corrected chi connectivity index (χ3v) is 1.26. The van der Waals surface area contributed by atoms with E-state index in [9.17, 15) is 9.59 Å². The van der Waals surface area contributed by atoms with Gasteiger partial charge in [-0.05, 0) is 6.92 Å². The first-order valence-electron chi connectivity index (χ1n) is 4.27. The molecule has 1 atom stereocenters. The van der Waals surface area contributed by atoms with Crippen molar-refractivity contribution in [2.24, 2.45) is 0 Å². The largest absolute Gasteiger partial charge is 0.508 e. The van der Waals surface area contributed by atoms with E-state index in [2.05, 4.69) is 18.9 Å². The summed E-state index contributed by atoms with van der Waals surface area (Å²) in [7, 11) is 0. The number of carbonyl (C=O) groups is 2. The van der Waals surface area contributed by atoms with Gasteiger partial charge in [0.15, 0.2) is 0 Å². The Labute approximate surface area is 90.9 Å². The molecule has 1 N–H and O–H groups in total. The van der Waals surface area contributed by atoms with Gasteiger partial charge in [0.2, 0.25) is 6.08 Å². The zero-order chi connectivity index (χ0) is 12.4.